The zero-order valence-corrected chi connectivity index (χ0v) is 9.50. The molecule has 0 aromatic carbocycles. The van der Waals surface area contributed by atoms with Crippen LogP contribution in [0.5, 0.6) is 0 Å². The summed E-state index contributed by atoms with van der Waals surface area (Å²) in [5.74, 6) is -0.180. The Morgan fingerprint density at radius 3 is 2.73 bits per heavy atom. The van der Waals surface area contributed by atoms with E-state index in [2.05, 4.69) is 11.9 Å². The number of methoxy groups -OCH3 is 1. The molecule has 3 heteroatoms. The van der Waals surface area contributed by atoms with E-state index in [0.29, 0.717) is 12.5 Å². The summed E-state index contributed by atoms with van der Waals surface area (Å²) in [6.07, 6.45) is 8.59. The summed E-state index contributed by atoms with van der Waals surface area (Å²) in [5, 5.41) is 3.36. The van der Waals surface area contributed by atoms with Gasteiger partial charge in [-0.2, -0.15) is 0 Å². The number of ether oxygens (including phenoxy) is 1. The molecule has 0 saturated heterocycles. The Labute approximate surface area is 91.9 Å². The second-order valence-electron chi connectivity index (χ2n) is 4.10. The molecule has 0 radical (unpaired) electrons. The van der Waals surface area contributed by atoms with Gasteiger partial charge in [0.1, 0.15) is 6.04 Å². The topological polar surface area (TPSA) is 38.3 Å². The van der Waals surface area contributed by atoms with Crippen molar-refractivity contribution in [3.8, 4) is 0 Å². The van der Waals surface area contributed by atoms with Gasteiger partial charge in [-0.05, 0) is 19.3 Å². The number of rotatable bonds is 5. The standard InChI is InChI=1S/C12H21NO2/c1-3-7-11(12(14)15-2)13-10-8-5-4-6-9-10/h3,10-11,13H,1,4-9H2,2H3. The predicted molar refractivity (Wildman–Crippen MR) is 60.6 cm³/mol. The Bertz CT molecular complexity index is 210. The maximum atomic E-state index is 11.4. The van der Waals surface area contributed by atoms with Crippen molar-refractivity contribution >= 4 is 5.97 Å². The number of hydrogen-bond acceptors (Lipinski definition) is 3. The average Bonchev–Trinajstić information content (AvgIpc) is 2.29. The molecule has 86 valence electrons. The van der Waals surface area contributed by atoms with Gasteiger partial charge < -0.3 is 10.1 Å². The van der Waals surface area contributed by atoms with Crippen molar-refractivity contribution in [2.75, 3.05) is 7.11 Å². The van der Waals surface area contributed by atoms with Crippen LogP contribution in [0, 0.1) is 0 Å². The smallest absolute Gasteiger partial charge is 0.323 e. The molecule has 1 unspecified atom stereocenters. The summed E-state index contributed by atoms with van der Waals surface area (Å²) in [7, 11) is 1.43. The Morgan fingerprint density at radius 1 is 1.53 bits per heavy atom. The maximum Gasteiger partial charge on any atom is 0.323 e. The highest BCUT2D eigenvalue weighted by Gasteiger charge is 2.22. The highest BCUT2D eigenvalue weighted by molar-refractivity contribution is 5.75. The molecular formula is C12H21NO2. The summed E-state index contributed by atoms with van der Waals surface area (Å²) in [4.78, 5) is 11.4. The van der Waals surface area contributed by atoms with E-state index in [1.165, 1.54) is 39.2 Å². The number of carbonyl (C=O) groups is 1. The molecule has 3 nitrogen and oxygen atoms in total. The van der Waals surface area contributed by atoms with E-state index in [0.717, 1.165) is 0 Å². The molecule has 1 saturated carbocycles. The molecule has 0 bridgehead atoms. The summed E-state index contributed by atoms with van der Waals surface area (Å²) < 4.78 is 4.76. The average molecular weight is 211 g/mol. The van der Waals surface area contributed by atoms with Gasteiger partial charge in [0.25, 0.3) is 0 Å². The van der Waals surface area contributed by atoms with Crippen molar-refractivity contribution in [2.45, 2.75) is 50.6 Å². The Balaban J connectivity index is 2.41. The van der Waals surface area contributed by atoms with E-state index in [-0.39, 0.29) is 12.0 Å². The Hall–Kier alpha value is -0.830. The zero-order valence-electron chi connectivity index (χ0n) is 9.50. The number of hydrogen-bond donors (Lipinski definition) is 1. The third-order valence-electron chi connectivity index (χ3n) is 2.93. The number of esters is 1. The predicted octanol–water partition coefficient (Wildman–Crippen LogP) is 2.03. The fourth-order valence-electron chi connectivity index (χ4n) is 2.10. The molecule has 1 atom stereocenters. The fraction of sp³-hybridized carbons (Fsp3) is 0.750. The molecule has 1 fully saturated rings. The normalized spacial score (nSPS) is 19.5. The van der Waals surface area contributed by atoms with Gasteiger partial charge in [-0.1, -0.05) is 25.3 Å². The van der Waals surface area contributed by atoms with Crippen LogP contribution in [0.15, 0.2) is 12.7 Å². The Morgan fingerprint density at radius 2 is 2.20 bits per heavy atom. The van der Waals surface area contributed by atoms with Gasteiger partial charge in [-0.25, -0.2) is 0 Å². The second-order valence-corrected chi connectivity index (χ2v) is 4.10. The van der Waals surface area contributed by atoms with Crippen LogP contribution in [0.25, 0.3) is 0 Å². The summed E-state index contributed by atoms with van der Waals surface area (Å²) in [6.45, 7) is 3.66. The minimum Gasteiger partial charge on any atom is -0.468 e. The van der Waals surface area contributed by atoms with E-state index in [4.69, 9.17) is 4.74 Å². The molecule has 0 aromatic heterocycles. The van der Waals surface area contributed by atoms with E-state index in [9.17, 15) is 4.79 Å². The molecule has 1 aliphatic rings. The summed E-state index contributed by atoms with van der Waals surface area (Å²) >= 11 is 0. The summed E-state index contributed by atoms with van der Waals surface area (Å²) in [5.41, 5.74) is 0. The van der Waals surface area contributed by atoms with Gasteiger partial charge in [0, 0.05) is 6.04 Å². The highest BCUT2D eigenvalue weighted by Crippen LogP contribution is 2.18. The fourth-order valence-corrected chi connectivity index (χ4v) is 2.10. The lowest BCUT2D eigenvalue weighted by Gasteiger charge is -2.26. The molecule has 1 aliphatic carbocycles. The van der Waals surface area contributed by atoms with Crippen molar-refractivity contribution in [2.24, 2.45) is 0 Å². The quantitative estimate of drug-likeness (QED) is 0.558. The van der Waals surface area contributed by atoms with Crippen molar-refractivity contribution in [1.29, 1.82) is 0 Å². The van der Waals surface area contributed by atoms with Gasteiger partial charge in [0.05, 0.1) is 7.11 Å². The van der Waals surface area contributed by atoms with Gasteiger partial charge >= 0.3 is 5.97 Å². The van der Waals surface area contributed by atoms with Crippen LogP contribution in [0.4, 0.5) is 0 Å². The van der Waals surface area contributed by atoms with Gasteiger partial charge in [-0.15, -0.1) is 6.58 Å². The third kappa shape index (κ3) is 4.04. The second kappa shape index (κ2) is 6.62. The third-order valence-corrected chi connectivity index (χ3v) is 2.93. The minimum absolute atomic E-state index is 0.180. The van der Waals surface area contributed by atoms with Crippen LogP contribution in [0.2, 0.25) is 0 Å². The van der Waals surface area contributed by atoms with E-state index < -0.39 is 0 Å². The minimum atomic E-state index is -0.212. The van der Waals surface area contributed by atoms with Crippen LogP contribution in [0.1, 0.15) is 38.5 Å². The molecule has 0 aliphatic heterocycles. The molecule has 0 aromatic rings. The van der Waals surface area contributed by atoms with Gasteiger partial charge in [0.2, 0.25) is 0 Å². The van der Waals surface area contributed by atoms with Gasteiger partial charge in [0.15, 0.2) is 0 Å². The first kappa shape index (κ1) is 12.2. The summed E-state index contributed by atoms with van der Waals surface area (Å²) in [6, 6.07) is 0.262. The first-order valence-corrected chi connectivity index (χ1v) is 5.72. The van der Waals surface area contributed by atoms with Crippen LogP contribution in [-0.2, 0) is 9.53 Å². The van der Waals surface area contributed by atoms with Crippen molar-refractivity contribution in [3.63, 3.8) is 0 Å². The van der Waals surface area contributed by atoms with Crippen LogP contribution in [0.3, 0.4) is 0 Å². The molecule has 15 heavy (non-hydrogen) atoms. The molecule has 0 spiro atoms. The van der Waals surface area contributed by atoms with Crippen LogP contribution < -0.4 is 5.32 Å². The molecule has 1 N–H and O–H groups in total. The number of nitrogens with one attached hydrogen (secondary N) is 1. The lowest BCUT2D eigenvalue weighted by atomic mass is 9.94. The van der Waals surface area contributed by atoms with Crippen molar-refractivity contribution in [1.82, 2.24) is 5.32 Å². The van der Waals surface area contributed by atoms with E-state index >= 15 is 0 Å². The first-order chi connectivity index (χ1) is 7.27. The molecule has 0 amide bonds. The lowest BCUT2D eigenvalue weighted by molar-refractivity contribution is -0.143. The number of carbonyl (C=O) groups excluding carboxylic acids is 1. The highest BCUT2D eigenvalue weighted by atomic mass is 16.5. The SMILES string of the molecule is C=CCC(NC1CCCCC1)C(=O)OC. The first-order valence-electron chi connectivity index (χ1n) is 5.72. The van der Waals surface area contributed by atoms with E-state index in [1.54, 1.807) is 6.08 Å². The molecule has 1 rings (SSSR count). The lowest BCUT2D eigenvalue weighted by Crippen LogP contribution is -2.44. The molecule has 0 heterocycles. The van der Waals surface area contributed by atoms with Crippen LogP contribution >= 0.6 is 0 Å². The monoisotopic (exact) mass is 211 g/mol. The Kier molecular flexibility index (Phi) is 5.40. The largest absolute Gasteiger partial charge is 0.468 e. The molecular weight excluding hydrogens is 190 g/mol. The van der Waals surface area contributed by atoms with Crippen LogP contribution in [-0.4, -0.2) is 25.2 Å². The van der Waals surface area contributed by atoms with Crippen molar-refractivity contribution in [3.05, 3.63) is 12.7 Å². The zero-order chi connectivity index (χ0) is 11.1. The van der Waals surface area contributed by atoms with Gasteiger partial charge in [-0.3, -0.25) is 4.79 Å². The van der Waals surface area contributed by atoms with E-state index in [1.807, 2.05) is 0 Å². The van der Waals surface area contributed by atoms with Crippen molar-refractivity contribution < 1.29 is 9.53 Å². The maximum absolute atomic E-state index is 11.4.